The van der Waals surface area contributed by atoms with Crippen LogP contribution in [0.25, 0.3) is 0 Å². The first-order valence-electron chi connectivity index (χ1n) is 5.77. The van der Waals surface area contributed by atoms with Crippen LogP contribution in [0.15, 0.2) is 16.3 Å². The maximum atomic E-state index is 12.1. The van der Waals surface area contributed by atoms with Crippen LogP contribution in [0.4, 0.5) is 0 Å². The van der Waals surface area contributed by atoms with E-state index in [1.807, 2.05) is 0 Å². The molecule has 1 aliphatic rings. The van der Waals surface area contributed by atoms with Gasteiger partial charge in [0.1, 0.15) is 9.77 Å². The highest BCUT2D eigenvalue weighted by molar-refractivity contribution is 7.89. The highest BCUT2D eigenvalue weighted by Gasteiger charge is 2.30. The monoisotopic (exact) mass is 305 g/mol. The third kappa shape index (κ3) is 3.14. The van der Waals surface area contributed by atoms with Gasteiger partial charge in [-0.3, -0.25) is 0 Å². The first-order valence-corrected chi connectivity index (χ1v) is 8.14. The van der Waals surface area contributed by atoms with Crippen molar-refractivity contribution in [2.45, 2.75) is 23.8 Å². The number of esters is 1. The smallest absolute Gasteiger partial charge is 0.349 e. The lowest BCUT2D eigenvalue weighted by Crippen LogP contribution is -2.38. The van der Waals surface area contributed by atoms with E-state index in [1.54, 1.807) is 0 Å². The molecule has 0 bridgehead atoms. The molecule has 0 saturated heterocycles. The van der Waals surface area contributed by atoms with Crippen LogP contribution in [0.3, 0.4) is 0 Å². The SMILES string of the molecule is COC(=O)c1sccc1S(=O)(=O)NCC1CC(O)C1. The molecule has 1 saturated carbocycles. The zero-order valence-corrected chi connectivity index (χ0v) is 12.0. The van der Waals surface area contributed by atoms with Gasteiger partial charge in [-0.05, 0) is 30.2 Å². The van der Waals surface area contributed by atoms with Gasteiger partial charge in [-0.2, -0.15) is 0 Å². The molecule has 0 aromatic carbocycles. The Labute approximate surface area is 115 Å². The Morgan fingerprint density at radius 2 is 2.26 bits per heavy atom. The van der Waals surface area contributed by atoms with E-state index in [4.69, 9.17) is 5.11 Å². The topological polar surface area (TPSA) is 92.7 Å². The van der Waals surface area contributed by atoms with Gasteiger partial charge < -0.3 is 9.84 Å². The number of hydrogen-bond donors (Lipinski definition) is 2. The van der Waals surface area contributed by atoms with Gasteiger partial charge in [0.05, 0.1) is 13.2 Å². The predicted molar refractivity (Wildman–Crippen MR) is 69.6 cm³/mol. The van der Waals surface area contributed by atoms with E-state index in [0.29, 0.717) is 12.8 Å². The normalized spacial score (nSPS) is 22.8. The number of aliphatic hydroxyl groups is 1. The highest BCUT2D eigenvalue weighted by Crippen LogP contribution is 2.27. The summed E-state index contributed by atoms with van der Waals surface area (Å²) in [6, 6.07) is 1.38. The number of rotatable bonds is 5. The van der Waals surface area contributed by atoms with Crippen LogP contribution in [0.5, 0.6) is 0 Å². The molecule has 1 heterocycles. The molecule has 8 heteroatoms. The summed E-state index contributed by atoms with van der Waals surface area (Å²) in [5.74, 6) is -0.501. The third-order valence-corrected chi connectivity index (χ3v) is 5.55. The van der Waals surface area contributed by atoms with Crippen molar-refractivity contribution in [2.24, 2.45) is 5.92 Å². The maximum Gasteiger partial charge on any atom is 0.349 e. The van der Waals surface area contributed by atoms with Crippen LogP contribution in [-0.4, -0.2) is 39.3 Å². The average molecular weight is 305 g/mol. The first-order chi connectivity index (χ1) is 8.94. The summed E-state index contributed by atoms with van der Waals surface area (Å²) in [5, 5.41) is 10.7. The Kier molecular flexibility index (Phi) is 4.24. The maximum absolute atomic E-state index is 12.1. The van der Waals surface area contributed by atoms with Gasteiger partial charge in [-0.15, -0.1) is 11.3 Å². The molecule has 2 rings (SSSR count). The fourth-order valence-corrected chi connectivity index (χ4v) is 4.37. The van der Waals surface area contributed by atoms with Crippen molar-refractivity contribution in [2.75, 3.05) is 13.7 Å². The Hall–Kier alpha value is -0.960. The van der Waals surface area contributed by atoms with Crippen LogP contribution in [-0.2, 0) is 14.8 Å². The molecule has 19 heavy (non-hydrogen) atoms. The molecule has 0 radical (unpaired) electrons. The summed E-state index contributed by atoms with van der Waals surface area (Å²) in [6.07, 6.45) is 0.896. The van der Waals surface area contributed by atoms with E-state index in [2.05, 4.69) is 9.46 Å². The number of nitrogens with one attached hydrogen (secondary N) is 1. The van der Waals surface area contributed by atoms with Gasteiger partial charge >= 0.3 is 5.97 Å². The lowest BCUT2D eigenvalue weighted by molar-refractivity contribution is 0.0453. The Morgan fingerprint density at radius 3 is 2.84 bits per heavy atom. The van der Waals surface area contributed by atoms with Gasteiger partial charge in [0.15, 0.2) is 0 Å². The minimum Gasteiger partial charge on any atom is -0.465 e. The van der Waals surface area contributed by atoms with E-state index in [9.17, 15) is 13.2 Å². The van der Waals surface area contributed by atoms with Crippen molar-refractivity contribution in [1.82, 2.24) is 4.72 Å². The van der Waals surface area contributed by atoms with Crippen molar-refractivity contribution in [3.63, 3.8) is 0 Å². The van der Waals surface area contributed by atoms with Crippen LogP contribution >= 0.6 is 11.3 Å². The zero-order valence-electron chi connectivity index (χ0n) is 10.3. The van der Waals surface area contributed by atoms with Crippen molar-refractivity contribution < 1.29 is 23.1 Å². The minimum atomic E-state index is -3.71. The summed E-state index contributed by atoms with van der Waals surface area (Å²) < 4.78 is 31.2. The number of sulfonamides is 1. The molecular formula is C11H15NO5S2. The van der Waals surface area contributed by atoms with E-state index in [0.717, 1.165) is 11.3 Å². The van der Waals surface area contributed by atoms with E-state index < -0.39 is 16.0 Å². The fourth-order valence-electron chi connectivity index (χ4n) is 1.92. The molecule has 6 nitrogen and oxygen atoms in total. The summed E-state index contributed by atoms with van der Waals surface area (Å²) in [6.45, 7) is 0.274. The second-order valence-corrected chi connectivity index (χ2v) is 7.10. The Bertz CT molecular complexity index is 559. The predicted octanol–water partition coefficient (Wildman–Crippen LogP) is 0.584. The molecule has 2 N–H and O–H groups in total. The number of carbonyl (C=O) groups excluding carboxylic acids is 1. The fraction of sp³-hybridized carbons (Fsp3) is 0.545. The highest BCUT2D eigenvalue weighted by atomic mass is 32.2. The number of ether oxygens (including phenoxy) is 1. The number of carbonyl (C=O) groups is 1. The van der Waals surface area contributed by atoms with E-state index >= 15 is 0 Å². The second-order valence-electron chi connectivity index (χ2n) is 4.45. The Morgan fingerprint density at radius 1 is 1.58 bits per heavy atom. The van der Waals surface area contributed by atoms with Crippen molar-refractivity contribution >= 4 is 27.3 Å². The average Bonchev–Trinajstić information content (AvgIpc) is 2.82. The number of aliphatic hydroxyl groups excluding tert-OH is 1. The molecule has 106 valence electrons. The van der Waals surface area contributed by atoms with Crippen LogP contribution in [0, 0.1) is 5.92 Å². The molecule has 0 spiro atoms. The van der Waals surface area contributed by atoms with Gasteiger partial charge in [0, 0.05) is 6.54 Å². The lowest BCUT2D eigenvalue weighted by Gasteiger charge is -2.31. The Balaban J connectivity index is 2.07. The summed E-state index contributed by atoms with van der Waals surface area (Å²) in [7, 11) is -2.50. The summed E-state index contributed by atoms with van der Waals surface area (Å²) in [4.78, 5) is 11.5. The van der Waals surface area contributed by atoms with Gasteiger partial charge in [-0.1, -0.05) is 0 Å². The largest absolute Gasteiger partial charge is 0.465 e. The number of thiophene rings is 1. The second kappa shape index (κ2) is 5.58. The van der Waals surface area contributed by atoms with Crippen LogP contribution < -0.4 is 4.72 Å². The molecular weight excluding hydrogens is 290 g/mol. The molecule has 0 unspecified atom stereocenters. The van der Waals surface area contributed by atoms with Crippen molar-refractivity contribution in [1.29, 1.82) is 0 Å². The van der Waals surface area contributed by atoms with Crippen LogP contribution in [0.2, 0.25) is 0 Å². The lowest BCUT2D eigenvalue weighted by atomic mass is 9.83. The third-order valence-electron chi connectivity index (χ3n) is 3.06. The van der Waals surface area contributed by atoms with Crippen molar-refractivity contribution in [3.8, 4) is 0 Å². The molecule has 1 aromatic heterocycles. The molecule has 1 aliphatic carbocycles. The molecule has 0 aliphatic heterocycles. The van der Waals surface area contributed by atoms with Gasteiger partial charge in [0.2, 0.25) is 10.0 Å². The van der Waals surface area contributed by atoms with Gasteiger partial charge in [-0.25, -0.2) is 17.9 Å². The van der Waals surface area contributed by atoms with E-state index in [-0.39, 0.29) is 28.3 Å². The molecule has 1 fully saturated rings. The molecule has 1 aromatic rings. The number of hydrogen-bond acceptors (Lipinski definition) is 6. The standard InChI is InChI=1S/C11H15NO5S2/c1-17-11(14)10-9(2-3-18-10)19(15,16)12-6-7-4-8(13)5-7/h2-3,7-8,12-13H,4-6H2,1H3. The first kappa shape index (κ1) is 14.4. The summed E-state index contributed by atoms with van der Waals surface area (Å²) in [5.41, 5.74) is 0. The summed E-state index contributed by atoms with van der Waals surface area (Å²) >= 11 is 1.03. The van der Waals surface area contributed by atoms with Crippen molar-refractivity contribution in [3.05, 3.63) is 16.3 Å². The molecule has 0 amide bonds. The number of methoxy groups -OCH3 is 1. The molecule has 0 atom stereocenters. The van der Waals surface area contributed by atoms with E-state index in [1.165, 1.54) is 18.6 Å². The quantitative estimate of drug-likeness (QED) is 0.776. The minimum absolute atomic E-state index is 0.0516. The zero-order chi connectivity index (χ0) is 14.0. The van der Waals surface area contributed by atoms with Crippen LogP contribution in [0.1, 0.15) is 22.5 Å². The van der Waals surface area contributed by atoms with Gasteiger partial charge in [0.25, 0.3) is 0 Å².